The Morgan fingerprint density at radius 2 is 2.25 bits per heavy atom. The highest BCUT2D eigenvalue weighted by molar-refractivity contribution is 8.04. The van der Waals surface area contributed by atoms with Crippen LogP contribution in [0.2, 0.25) is 0 Å². The molecule has 4 nitrogen and oxygen atoms in total. The fourth-order valence-corrected chi connectivity index (χ4v) is 3.47. The molecule has 1 aromatic rings. The lowest BCUT2D eigenvalue weighted by molar-refractivity contribution is -0.126. The van der Waals surface area contributed by atoms with Crippen molar-refractivity contribution in [3.8, 4) is 0 Å². The van der Waals surface area contributed by atoms with E-state index < -0.39 is 0 Å². The SMILES string of the molecule is C[C@@H]1CCCN1C(=O)/C=C1\Sc2ccccc2NC1=O. The third-order valence-electron chi connectivity index (χ3n) is 3.67. The summed E-state index contributed by atoms with van der Waals surface area (Å²) in [5.41, 5.74) is 0.807. The number of fused-ring (bicyclic) bond motifs is 1. The van der Waals surface area contributed by atoms with Gasteiger partial charge in [0.25, 0.3) is 5.91 Å². The predicted molar refractivity (Wildman–Crippen MR) is 79.4 cm³/mol. The molecule has 0 spiro atoms. The third kappa shape index (κ3) is 2.45. The van der Waals surface area contributed by atoms with Gasteiger partial charge in [-0.05, 0) is 31.9 Å². The number of hydrogen-bond acceptors (Lipinski definition) is 3. The number of amides is 2. The zero-order valence-corrected chi connectivity index (χ0v) is 12.1. The second kappa shape index (κ2) is 5.32. The number of rotatable bonds is 1. The van der Waals surface area contributed by atoms with Crippen LogP contribution in [0.5, 0.6) is 0 Å². The number of thioether (sulfide) groups is 1. The van der Waals surface area contributed by atoms with E-state index in [0.29, 0.717) is 4.91 Å². The summed E-state index contributed by atoms with van der Waals surface area (Å²) in [6.07, 6.45) is 3.55. The number of carbonyl (C=O) groups excluding carboxylic acids is 2. The summed E-state index contributed by atoms with van der Waals surface area (Å²) in [6.45, 7) is 2.83. The molecule has 0 unspecified atom stereocenters. The van der Waals surface area contributed by atoms with E-state index in [0.717, 1.165) is 30.0 Å². The van der Waals surface area contributed by atoms with Gasteiger partial charge in [-0.1, -0.05) is 23.9 Å². The maximum absolute atomic E-state index is 12.2. The van der Waals surface area contributed by atoms with Gasteiger partial charge < -0.3 is 10.2 Å². The van der Waals surface area contributed by atoms with Crippen LogP contribution in [-0.4, -0.2) is 29.3 Å². The summed E-state index contributed by atoms with van der Waals surface area (Å²) in [5, 5.41) is 2.82. The molecule has 5 heteroatoms. The Labute approximate surface area is 122 Å². The normalized spacial score (nSPS) is 23.6. The minimum atomic E-state index is -0.200. The molecule has 104 valence electrons. The Morgan fingerprint density at radius 3 is 3.00 bits per heavy atom. The average molecular weight is 288 g/mol. The van der Waals surface area contributed by atoms with E-state index in [-0.39, 0.29) is 17.9 Å². The van der Waals surface area contributed by atoms with Gasteiger partial charge in [-0.3, -0.25) is 9.59 Å². The maximum Gasteiger partial charge on any atom is 0.262 e. The third-order valence-corrected chi connectivity index (χ3v) is 4.77. The Morgan fingerprint density at radius 1 is 1.45 bits per heavy atom. The van der Waals surface area contributed by atoms with Crippen LogP contribution in [0, 0.1) is 0 Å². The summed E-state index contributed by atoms with van der Waals surface area (Å²) in [4.78, 5) is 27.5. The van der Waals surface area contributed by atoms with Gasteiger partial charge in [-0.2, -0.15) is 0 Å². The zero-order valence-electron chi connectivity index (χ0n) is 11.3. The van der Waals surface area contributed by atoms with E-state index in [2.05, 4.69) is 5.32 Å². The molecule has 3 rings (SSSR count). The summed E-state index contributed by atoms with van der Waals surface area (Å²) in [7, 11) is 0. The fraction of sp³-hybridized carbons (Fsp3) is 0.333. The molecule has 0 saturated carbocycles. The van der Waals surface area contributed by atoms with E-state index in [1.54, 1.807) is 0 Å². The van der Waals surface area contributed by atoms with E-state index in [9.17, 15) is 9.59 Å². The summed E-state index contributed by atoms with van der Waals surface area (Å²) < 4.78 is 0. The lowest BCUT2D eigenvalue weighted by atomic mass is 10.2. The Balaban J connectivity index is 1.82. The highest BCUT2D eigenvalue weighted by atomic mass is 32.2. The monoisotopic (exact) mass is 288 g/mol. The molecule has 1 atom stereocenters. The lowest BCUT2D eigenvalue weighted by Gasteiger charge is -2.22. The van der Waals surface area contributed by atoms with E-state index >= 15 is 0 Å². The van der Waals surface area contributed by atoms with Crippen LogP contribution in [0.3, 0.4) is 0 Å². The van der Waals surface area contributed by atoms with E-state index in [1.165, 1.54) is 17.8 Å². The molecule has 1 aromatic carbocycles. The summed E-state index contributed by atoms with van der Waals surface area (Å²) in [5.74, 6) is -0.263. The van der Waals surface area contributed by atoms with Gasteiger partial charge in [0.1, 0.15) is 0 Å². The Hall–Kier alpha value is -1.75. The first kappa shape index (κ1) is 13.2. The van der Waals surface area contributed by atoms with Crippen LogP contribution in [0.15, 0.2) is 40.1 Å². The lowest BCUT2D eigenvalue weighted by Crippen LogP contribution is -2.33. The number of likely N-dealkylation sites (tertiary alicyclic amines) is 1. The van der Waals surface area contributed by atoms with Gasteiger partial charge >= 0.3 is 0 Å². The molecular formula is C15H16N2O2S. The smallest absolute Gasteiger partial charge is 0.262 e. The van der Waals surface area contributed by atoms with Gasteiger partial charge in [0, 0.05) is 23.6 Å². The summed E-state index contributed by atoms with van der Waals surface area (Å²) >= 11 is 1.36. The van der Waals surface area contributed by atoms with Crippen molar-refractivity contribution in [1.29, 1.82) is 0 Å². The zero-order chi connectivity index (χ0) is 14.1. The van der Waals surface area contributed by atoms with Crippen molar-refractivity contribution in [2.45, 2.75) is 30.7 Å². The second-order valence-corrected chi connectivity index (χ2v) is 6.17. The van der Waals surface area contributed by atoms with E-state index in [1.807, 2.05) is 36.1 Å². The molecule has 2 amide bonds. The average Bonchev–Trinajstić information content (AvgIpc) is 2.86. The van der Waals surface area contributed by atoms with Gasteiger partial charge in [0.2, 0.25) is 5.91 Å². The topological polar surface area (TPSA) is 49.4 Å². The van der Waals surface area contributed by atoms with Gasteiger partial charge in [-0.15, -0.1) is 0 Å². The molecular weight excluding hydrogens is 272 g/mol. The van der Waals surface area contributed by atoms with Crippen molar-refractivity contribution in [1.82, 2.24) is 4.90 Å². The number of carbonyl (C=O) groups is 2. The highest BCUT2D eigenvalue weighted by Crippen LogP contribution is 2.37. The van der Waals surface area contributed by atoms with Crippen molar-refractivity contribution in [2.24, 2.45) is 0 Å². The minimum absolute atomic E-state index is 0.0629. The minimum Gasteiger partial charge on any atom is -0.336 e. The van der Waals surface area contributed by atoms with Crippen LogP contribution in [-0.2, 0) is 9.59 Å². The van der Waals surface area contributed by atoms with Crippen molar-refractivity contribution in [2.75, 3.05) is 11.9 Å². The molecule has 0 bridgehead atoms. The molecule has 1 fully saturated rings. The number of anilines is 1. The molecule has 20 heavy (non-hydrogen) atoms. The molecule has 2 aliphatic rings. The predicted octanol–water partition coefficient (Wildman–Crippen LogP) is 2.63. The first-order valence-electron chi connectivity index (χ1n) is 6.75. The molecule has 0 aromatic heterocycles. The fourth-order valence-electron chi connectivity index (χ4n) is 2.56. The number of nitrogens with zero attached hydrogens (tertiary/aromatic N) is 1. The van der Waals surface area contributed by atoms with Crippen LogP contribution < -0.4 is 5.32 Å². The van der Waals surface area contributed by atoms with Crippen LogP contribution in [0.4, 0.5) is 5.69 Å². The number of hydrogen-bond donors (Lipinski definition) is 1. The Bertz CT molecular complexity index is 597. The number of benzene rings is 1. The molecule has 1 saturated heterocycles. The van der Waals surface area contributed by atoms with Crippen molar-refractivity contribution >= 4 is 29.3 Å². The second-order valence-electron chi connectivity index (χ2n) is 5.08. The molecule has 0 aliphatic carbocycles. The standard InChI is InChI=1S/C15H16N2O2S/c1-10-5-4-8-17(10)14(18)9-13-15(19)16-11-6-2-3-7-12(11)20-13/h2-3,6-7,9-10H,4-5,8H2,1H3,(H,16,19)/b13-9-/t10-/m1/s1. The van der Waals surface area contributed by atoms with Crippen molar-refractivity contribution in [3.63, 3.8) is 0 Å². The van der Waals surface area contributed by atoms with Gasteiger partial charge in [0.05, 0.1) is 10.6 Å². The summed E-state index contributed by atoms with van der Waals surface area (Å²) in [6, 6.07) is 7.87. The van der Waals surface area contributed by atoms with Crippen LogP contribution in [0.1, 0.15) is 19.8 Å². The van der Waals surface area contributed by atoms with Crippen LogP contribution >= 0.6 is 11.8 Å². The number of para-hydroxylation sites is 1. The molecule has 2 aliphatic heterocycles. The van der Waals surface area contributed by atoms with E-state index in [4.69, 9.17) is 0 Å². The molecule has 0 radical (unpaired) electrons. The highest BCUT2D eigenvalue weighted by Gasteiger charge is 2.26. The first-order chi connectivity index (χ1) is 9.65. The van der Waals surface area contributed by atoms with Crippen molar-refractivity contribution in [3.05, 3.63) is 35.2 Å². The largest absolute Gasteiger partial charge is 0.336 e. The number of nitrogens with one attached hydrogen (secondary N) is 1. The molecule has 1 N–H and O–H groups in total. The molecule has 2 heterocycles. The maximum atomic E-state index is 12.2. The Kier molecular flexibility index (Phi) is 3.53. The quantitative estimate of drug-likeness (QED) is 0.808. The van der Waals surface area contributed by atoms with Gasteiger partial charge in [-0.25, -0.2) is 0 Å². The first-order valence-corrected chi connectivity index (χ1v) is 7.57. The van der Waals surface area contributed by atoms with Crippen LogP contribution in [0.25, 0.3) is 0 Å². The van der Waals surface area contributed by atoms with Crippen molar-refractivity contribution < 1.29 is 9.59 Å². The van der Waals surface area contributed by atoms with Gasteiger partial charge in [0.15, 0.2) is 0 Å².